The van der Waals surface area contributed by atoms with Crippen LogP contribution < -0.4 is 19.1 Å². The van der Waals surface area contributed by atoms with E-state index in [4.69, 9.17) is 14.2 Å². The van der Waals surface area contributed by atoms with E-state index in [1.807, 2.05) is 24.3 Å². The van der Waals surface area contributed by atoms with Gasteiger partial charge in [0.1, 0.15) is 25.1 Å². The third-order valence-electron chi connectivity index (χ3n) is 4.99. The van der Waals surface area contributed by atoms with Crippen LogP contribution in [0.3, 0.4) is 0 Å². The predicted octanol–water partition coefficient (Wildman–Crippen LogP) is 2.37. The summed E-state index contributed by atoms with van der Waals surface area (Å²) in [6, 6.07) is 12.5. The van der Waals surface area contributed by atoms with Gasteiger partial charge in [-0.15, -0.1) is 0 Å². The van der Waals surface area contributed by atoms with Crippen molar-refractivity contribution in [1.82, 2.24) is 4.31 Å². The molecule has 1 atom stereocenters. The number of hydrogen-bond acceptors (Lipinski definition) is 6. The third-order valence-corrected chi connectivity index (χ3v) is 6.81. The van der Waals surface area contributed by atoms with Crippen molar-refractivity contribution in [2.45, 2.75) is 17.9 Å². The zero-order valence-electron chi connectivity index (χ0n) is 16.0. The van der Waals surface area contributed by atoms with Crippen molar-refractivity contribution in [2.24, 2.45) is 0 Å². The Balaban J connectivity index is 1.52. The maximum atomic E-state index is 13.0. The minimum atomic E-state index is -3.67. The molecule has 2 aromatic rings. The summed E-state index contributed by atoms with van der Waals surface area (Å²) in [5.74, 6) is 1.81. The van der Waals surface area contributed by atoms with Gasteiger partial charge in [-0.25, -0.2) is 8.42 Å². The van der Waals surface area contributed by atoms with Crippen LogP contribution in [0.2, 0.25) is 0 Å². The average molecular weight is 404 g/mol. The van der Waals surface area contributed by atoms with Gasteiger partial charge in [-0.3, -0.25) is 0 Å². The summed E-state index contributed by atoms with van der Waals surface area (Å²) in [5.41, 5.74) is 1.04. The minimum absolute atomic E-state index is 0.183. The molecule has 2 heterocycles. The van der Waals surface area contributed by atoms with Gasteiger partial charge in [0.2, 0.25) is 10.0 Å². The van der Waals surface area contributed by atoms with E-state index < -0.39 is 10.0 Å². The fourth-order valence-electron chi connectivity index (χ4n) is 3.52. The molecule has 0 unspecified atom stereocenters. The lowest BCUT2D eigenvalue weighted by molar-refractivity contribution is 0.169. The van der Waals surface area contributed by atoms with Crippen LogP contribution in [0.1, 0.15) is 6.92 Å². The molecule has 0 spiro atoms. The van der Waals surface area contributed by atoms with Gasteiger partial charge in [0.05, 0.1) is 23.7 Å². The van der Waals surface area contributed by atoms with Crippen LogP contribution in [-0.2, 0) is 10.0 Å². The van der Waals surface area contributed by atoms with Gasteiger partial charge in [0.25, 0.3) is 0 Å². The zero-order valence-corrected chi connectivity index (χ0v) is 16.8. The monoisotopic (exact) mass is 404 g/mol. The zero-order chi connectivity index (χ0) is 19.7. The largest absolute Gasteiger partial charge is 0.486 e. The van der Waals surface area contributed by atoms with Gasteiger partial charge in [-0.2, -0.15) is 4.31 Å². The number of ether oxygens (including phenoxy) is 3. The Morgan fingerprint density at radius 1 is 1.07 bits per heavy atom. The normalized spacial score (nSPS) is 18.5. The van der Waals surface area contributed by atoms with Gasteiger partial charge >= 0.3 is 0 Å². The molecule has 0 saturated heterocycles. The highest BCUT2D eigenvalue weighted by atomic mass is 32.2. The molecule has 150 valence electrons. The number of fused-ring (bicyclic) bond motifs is 2. The molecule has 0 bridgehead atoms. The number of rotatable bonds is 5. The van der Waals surface area contributed by atoms with Crippen molar-refractivity contribution >= 4 is 15.7 Å². The molecule has 0 aliphatic carbocycles. The Labute approximate surface area is 165 Å². The maximum absolute atomic E-state index is 13.0. The summed E-state index contributed by atoms with van der Waals surface area (Å²) in [4.78, 5) is 2.39. The van der Waals surface area contributed by atoms with Crippen LogP contribution in [0.5, 0.6) is 17.2 Å². The number of anilines is 1. The van der Waals surface area contributed by atoms with Gasteiger partial charge in [0, 0.05) is 19.7 Å². The first-order valence-electron chi connectivity index (χ1n) is 9.35. The first-order valence-corrected chi connectivity index (χ1v) is 10.8. The van der Waals surface area contributed by atoms with Gasteiger partial charge in [-0.05, 0) is 31.2 Å². The Morgan fingerprint density at radius 2 is 1.82 bits per heavy atom. The van der Waals surface area contributed by atoms with E-state index in [1.54, 1.807) is 19.2 Å². The average Bonchev–Trinajstić information content (AvgIpc) is 2.72. The summed E-state index contributed by atoms with van der Waals surface area (Å²) in [5, 5.41) is 0. The molecule has 0 fully saturated rings. The molecule has 2 aliphatic rings. The molecule has 0 amide bonds. The molecule has 0 saturated carbocycles. The van der Waals surface area contributed by atoms with E-state index in [1.165, 1.54) is 10.4 Å². The smallest absolute Gasteiger partial charge is 0.243 e. The molecule has 2 aliphatic heterocycles. The lowest BCUT2D eigenvalue weighted by atomic mass is 10.2. The van der Waals surface area contributed by atoms with E-state index in [9.17, 15) is 8.42 Å². The fraction of sp³-hybridized carbons (Fsp3) is 0.400. The molecular formula is C20H24N2O5S. The Kier molecular flexibility index (Phi) is 5.07. The standard InChI is InChI=1S/C20H24N2O5S/c1-3-22-14-15(27-18-7-5-4-6-17(18)22)13-21(2)28(23,24)16-8-9-19-20(12-16)26-11-10-25-19/h4-9,12,15H,3,10-11,13-14H2,1-2H3/t15-/m1/s1. The van der Waals surface area contributed by atoms with Crippen molar-refractivity contribution in [3.8, 4) is 17.2 Å². The molecule has 7 nitrogen and oxygen atoms in total. The number of hydrogen-bond donors (Lipinski definition) is 0. The van der Waals surface area contributed by atoms with Crippen LogP contribution in [0.25, 0.3) is 0 Å². The second-order valence-electron chi connectivity index (χ2n) is 6.84. The van der Waals surface area contributed by atoms with Crippen molar-refractivity contribution in [2.75, 3.05) is 44.8 Å². The Hall–Kier alpha value is -2.45. The van der Waals surface area contributed by atoms with Crippen LogP contribution in [0.15, 0.2) is 47.4 Å². The summed E-state index contributed by atoms with van der Waals surface area (Å²) in [6.07, 6.45) is -0.258. The second-order valence-corrected chi connectivity index (χ2v) is 8.88. The molecular weight excluding hydrogens is 380 g/mol. The molecule has 28 heavy (non-hydrogen) atoms. The SMILES string of the molecule is CCN1C[C@@H](CN(C)S(=O)(=O)c2ccc3c(c2)OCCO3)Oc2ccccc21. The third kappa shape index (κ3) is 3.49. The van der Waals surface area contributed by atoms with Gasteiger partial charge in [0.15, 0.2) is 11.5 Å². The molecule has 2 aromatic carbocycles. The van der Waals surface area contributed by atoms with Crippen molar-refractivity contribution in [1.29, 1.82) is 0 Å². The lowest BCUT2D eigenvalue weighted by Gasteiger charge is -2.37. The predicted molar refractivity (Wildman–Crippen MR) is 106 cm³/mol. The first-order chi connectivity index (χ1) is 13.5. The number of likely N-dealkylation sites (N-methyl/N-ethyl adjacent to an activating group) is 2. The highest BCUT2D eigenvalue weighted by Crippen LogP contribution is 2.35. The number of para-hydroxylation sites is 2. The molecule has 8 heteroatoms. The Morgan fingerprint density at radius 3 is 2.61 bits per heavy atom. The number of benzene rings is 2. The highest BCUT2D eigenvalue weighted by Gasteiger charge is 2.30. The van der Waals surface area contributed by atoms with E-state index in [0.717, 1.165) is 18.0 Å². The highest BCUT2D eigenvalue weighted by molar-refractivity contribution is 7.89. The maximum Gasteiger partial charge on any atom is 0.243 e. The van der Waals surface area contributed by atoms with E-state index in [2.05, 4.69) is 11.8 Å². The molecule has 0 aromatic heterocycles. The van der Waals surface area contributed by atoms with E-state index >= 15 is 0 Å². The Bertz CT molecular complexity index is 963. The first kappa shape index (κ1) is 18.9. The minimum Gasteiger partial charge on any atom is -0.486 e. The molecule has 4 rings (SSSR count). The number of sulfonamides is 1. The van der Waals surface area contributed by atoms with Crippen LogP contribution in [0.4, 0.5) is 5.69 Å². The second kappa shape index (κ2) is 7.52. The van der Waals surface area contributed by atoms with Crippen molar-refractivity contribution in [3.05, 3.63) is 42.5 Å². The fourth-order valence-corrected chi connectivity index (χ4v) is 4.74. The lowest BCUT2D eigenvalue weighted by Crippen LogP contribution is -2.46. The van der Waals surface area contributed by atoms with Gasteiger partial charge in [-0.1, -0.05) is 12.1 Å². The summed E-state index contributed by atoms with van der Waals surface area (Å²) < 4.78 is 44.5. The van der Waals surface area contributed by atoms with Crippen molar-refractivity contribution in [3.63, 3.8) is 0 Å². The summed E-state index contributed by atoms with van der Waals surface area (Å²) >= 11 is 0. The van der Waals surface area contributed by atoms with E-state index in [-0.39, 0.29) is 17.5 Å². The topological polar surface area (TPSA) is 68.3 Å². The quantitative estimate of drug-likeness (QED) is 0.762. The van der Waals surface area contributed by atoms with Crippen LogP contribution in [-0.4, -0.2) is 58.7 Å². The molecule has 0 radical (unpaired) electrons. The van der Waals surface area contributed by atoms with Crippen LogP contribution in [0, 0.1) is 0 Å². The number of nitrogens with zero attached hydrogens (tertiary/aromatic N) is 2. The molecule has 0 N–H and O–H groups in total. The van der Waals surface area contributed by atoms with Crippen molar-refractivity contribution < 1.29 is 22.6 Å². The van der Waals surface area contributed by atoms with Gasteiger partial charge < -0.3 is 19.1 Å². The summed E-state index contributed by atoms with van der Waals surface area (Å²) in [7, 11) is -2.10. The van der Waals surface area contributed by atoms with E-state index in [0.29, 0.717) is 31.3 Å². The van der Waals surface area contributed by atoms with Crippen LogP contribution >= 0.6 is 0 Å². The summed E-state index contributed by atoms with van der Waals surface area (Å²) in [6.45, 7) is 4.67.